The summed E-state index contributed by atoms with van der Waals surface area (Å²) in [6, 6.07) is 3.38. The van der Waals surface area contributed by atoms with Gasteiger partial charge in [-0.05, 0) is 23.6 Å². The lowest BCUT2D eigenvalue weighted by Crippen LogP contribution is -2.01. The van der Waals surface area contributed by atoms with Crippen LogP contribution in [0.1, 0.15) is 25.3 Å². The predicted octanol–water partition coefficient (Wildman–Crippen LogP) is 2.20. The molecule has 3 nitrogen and oxygen atoms in total. The van der Waals surface area contributed by atoms with Gasteiger partial charge in [-0.3, -0.25) is 4.55 Å². The van der Waals surface area contributed by atoms with Crippen LogP contribution in [0.15, 0.2) is 23.1 Å². The quantitative estimate of drug-likeness (QED) is 0.774. The fraction of sp³-hybridized carbons (Fsp3) is 0.333. The summed E-state index contributed by atoms with van der Waals surface area (Å²) in [6.45, 7) is 3.59. The molecule has 0 bridgehead atoms. The molecule has 14 heavy (non-hydrogen) atoms. The summed E-state index contributed by atoms with van der Waals surface area (Å²) in [5.41, 5.74) is 0.428. The first-order valence-electron chi connectivity index (χ1n) is 4.09. The molecule has 0 aliphatic heterocycles. The second-order valence-corrected chi connectivity index (χ2v) is 4.73. The number of halogens is 1. The van der Waals surface area contributed by atoms with Crippen molar-refractivity contribution in [3.8, 4) is 0 Å². The van der Waals surface area contributed by atoms with Crippen LogP contribution in [0.2, 0.25) is 0 Å². The van der Waals surface area contributed by atoms with Crippen LogP contribution in [0.3, 0.4) is 0 Å². The summed E-state index contributed by atoms with van der Waals surface area (Å²) in [5.74, 6) is -0.638. The van der Waals surface area contributed by atoms with Crippen molar-refractivity contribution in [2.75, 3.05) is 0 Å². The van der Waals surface area contributed by atoms with Crippen LogP contribution in [-0.2, 0) is 10.1 Å². The van der Waals surface area contributed by atoms with Crippen LogP contribution < -0.4 is 0 Å². The van der Waals surface area contributed by atoms with Crippen molar-refractivity contribution < 1.29 is 17.4 Å². The minimum absolute atomic E-state index is 0.0227. The van der Waals surface area contributed by atoms with Crippen molar-refractivity contribution >= 4 is 10.1 Å². The molecule has 0 aromatic heterocycles. The van der Waals surface area contributed by atoms with E-state index in [0.29, 0.717) is 5.56 Å². The lowest BCUT2D eigenvalue weighted by atomic mass is 10.0. The van der Waals surface area contributed by atoms with Gasteiger partial charge in [0, 0.05) is 0 Å². The maximum absolute atomic E-state index is 13.3. The second-order valence-electron chi connectivity index (χ2n) is 3.31. The molecular weight excluding hydrogens is 207 g/mol. The van der Waals surface area contributed by atoms with Crippen molar-refractivity contribution in [1.82, 2.24) is 0 Å². The Hall–Kier alpha value is -0.940. The van der Waals surface area contributed by atoms with Gasteiger partial charge < -0.3 is 0 Å². The Bertz CT molecular complexity index is 437. The lowest BCUT2D eigenvalue weighted by molar-refractivity contribution is 0.481. The lowest BCUT2D eigenvalue weighted by Gasteiger charge is -2.07. The molecule has 0 amide bonds. The monoisotopic (exact) mass is 218 g/mol. The number of rotatable bonds is 2. The van der Waals surface area contributed by atoms with Crippen molar-refractivity contribution in [3.05, 3.63) is 29.6 Å². The predicted molar refractivity (Wildman–Crippen MR) is 50.3 cm³/mol. The van der Waals surface area contributed by atoms with E-state index in [1.54, 1.807) is 13.8 Å². The van der Waals surface area contributed by atoms with Crippen LogP contribution in [-0.4, -0.2) is 13.0 Å². The Morgan fingerprint density at radius 2 is 1.93 bits per heavy atom. The highest BCUT2D eigenvalue weighted by Crippen LogP contribution is 2.21. The van der Waals surface area contributed by atoms with E-state index in [9.17, 15) is 12.8 Å². The number of benzene rings is 1. The molecule has 1 aromatic carbocycles. The molecule has 5 heteroatoms. The molecule has 0 unspecified atom stereocenters. The highest BCUT2D eigenvalue weighted by Gasteiger charge is 2.13. The van der Waals surface area contributed by atoms with Gasteiger partial charge in [-0.25, -0.2) is 4.39 Å². The normalized spacial score (nSPS) is 12.1. The summed E-state index contributed by atoms with van der Waals surface area (Å²) in [4.78, 5) is -0.417. The molecule has 1 N–H and O–H groups in total. The van der Waals surface area contributed by atoms with E-state index in [-0.39, 0.29) is 5.92 Å². The van der Waals surface area contributed by atoms with Crippen LogP contribution >= 0.6 is 0 Å². The number of hydrogen-bond donors (Lipinski definition) is 1. The SMILES string of the molecule is CC(C)c1ccc(S(=O)(=O)O)cc1F. The molecule has 78 valence electrons. The fourth-order valence-corrected chi connectivity index (χ4v) is 1.63. The molecule has 0 fully saturated rings. The van der Waals surface area contributed by atoms with Gasteiger partial charge in [0.15, 0.2) is 0 Å². The van der Waals surface area contributed by atoms with Crippen molar-refractivity contribution in [1.29, 1.82) is 0 Å². The Labute approximate surface area is 82.3 Å². The van der Waals surface area contributed by atoms with E-state index in [4.69, 9.17) is 4.55 Å². The Kier molecular flexibility index (Phi) is 2.92. The average Bonchev–Trinajstić information content (AvgIpc) is 2.01. The molecule has 0 saturated carbocycles. The first-order chi connectivity index (χ1) is 6.32. The van der Waals surface area contributed by atoms with Gasteiger partial charge in [0.2, 0.25) is 0 Å². The van der Waals surface area contributed by atoms with Crippen LogP contribution in [0.25, 0.3) is 0 Å². The minimum Gasteiger partial charge on any atom is -0.282 e. The first-order valence-corrected chi connectivity index (χ1v) is 5.53. The summed E-state index contributed by atoms with van der Waals surface area (Å²) in [6.07, 6.45) is 0. The molecule has 0 aliphatic rings. The van der Waals surface area contributed by atoms with E-state index < -0.39 is 20.8 Å². The molecule has 0 aliphatic carbocycles. The molecule has 0 atom stereocenters. The maximum atomic E-state index is 13.3. The molecule has 0 heterocycles. The molecular formula is C9H11FO3S. The molecule has 0 saturated heterocycles. The highest BCUT2D eigenvalue weighted by atomic mass is 32.2. The van der Waals surface area contributed by atoms with Gasteiger partial charge in [-0.2, -0.15) is 8.42 Å². The summed E-state index contributed by atoms with van der Waals surface area (Å²) < 4.78 is 43.2. The van der Waals surface area contributed by atoms with Crippen molar-refractivity contribution in [3.63, 3.8) is 0 Å². The molecule has 0 radical (unpaired) electrons. The summed E-state index contributed by atoms with van der Waals surface area (Å²) >= 11 is 0. The van der Waals surface area contributed by atoms with E-state index in [2.05, 4.69) is 0 Å². The third-order valence-electron chi connectivity index (χ3n) is 1.89. The standard InChI is InChI=1S/C9H11FO3S/c1-6(2)8-4-3-7(5-9(8)10)14(11,12)13/h3-6H,1-2H3,(H,11,12,13). The third-order valence-corrected chi connectivity index (χ3v) is 2.74. The zero-order chi connectivity index (χ0) is 10.9. The minimum atomic E-state index is -4.31. The summed E-state index contributed by atoms with van der Waals surface area (Å²) in [7, 11) is -4.31. The van der Waals surface area contributed by atoms with Crippen LogP contribution in [0.5, 0.6) is 0 Å². The van der Waals surface area contributed by atoms with Crippen LogP contribution in [0.4, 0.5) is 4.39 Å². The topological polar surface area (TPSA) is 54.4 Å². The third kappa shape index (κ3) is 2.30. The van der Waals surface area contributed by atoms with E-state index >= 15 is 0 Å². The molecule has 1 aromatic rings. The van der Waals surface area contributed by atoms with Gasteiger partial charge in [0.25, 0.3) is 10.1 Å². The molecule has 1 rings (SSSR count). The van der Waals surface area contributed by atoms with Crippen LogP contribution in [0, 0.1) is 5.82 Å². The fourth-order valence-electron chi connectivity index (χ4n) is 1.14. The summed E-state index contributed by atoms with van der Waals surface area (Å²) in [5, 5.41) is 0. The number of hydrogen-bond acceptors (Lipinski definition) is 2. The van der Waals surface area contributed by atoms with Gasteiger partial charge >= 0.3 is 0 Å². The van der Waals surface area contributed by atoms with Gasteiger partial charge in [0.1, 0.15) is 5.82 Å². The van der Waals surface area contributed by atoms with Crippen molar-refractivity contribution in [2.24, 2.45) is 0 Å². The van der Waals surface area contributed by atoms with Gasteiger partial charge in [-0.15, -0.1) is 0 Å². The zero-order valence-electron chi connectivity index (χ0n) is 7.86. The second kappa shape index (κ2) is 3.67. The van der Waals surface area contributed by atoms with E-state index in [1.165, 1.54) is 12.1 Å². The Balaban J connectivity index is 3.27. The largest absolute Gasteiger partial charge is 0.294 e. The van der Waals surface area contributed by atoms with E-state index in [1.807, 2.05) is 0 Å². The molecule has 0 spiro atoms. The maximum Gasteiger partial charge on any atom is 0.294 e. The highest BCUT2D eigenvalue weighted by molar-refractivity contribution is 7.85. The van der Waals surface area contributed by atoms with Crippen molar-refractivity contribution in [2.45, 2.75) is 24.7 Å². The Morgan fingerprint density at radius 3 is 2.29 bits per heavy atom. The Morgan fingerprint density at radius 1 is 1.36 bits per heavy atom. The van der Waals surface area contributed by atoms with Gasteiger partial charge in [0.05, 0.1) is 4.90 Å². The smallest absolute Gasteiger partial charge is 0.282 e. The van der Waals surface area contributed by atoms with E-state index in [0.717, 1.165) is 6.07 Å². The average molecular weight is 218 g/mol. The van der Waals surface area contributed by atoms with Gasteiger partial charge in [-0.1, -0.05) is 19.9 Å². The zero-order valence-corrected chi connectivity index (χ0v) is 8.68. The first kappa shape index (κ1) is 11.1.